The molecule has 3 heteroatoms. The van der Waals surface area contributed by atoms with Gasteiger partial charge in [0.15, 0.2) is 5.13 Å². The van der Waals surface area contributed by atoms with Crippen molar-refractivity contribution in [3.05, 3.63) is 35.7 Å². The van der Waals surface area contributed by atoms with E-state index in [1.54, 1.807) is 11.3 Å². The lowest BCUT2D eigenvalue weighted by molar-refractivity contribution is 0.860. The van der Waals surface area contributed by atoms with Gasteiger partial charge < -0.3 is 4.90 Å². The van der Waals surface area contributed by atoms with Crippen molar-refractivity contribution in [3.8, 4) is 11.3 Å². The van der Waals surface area contributed by atoms with Crippen molar-refractivity contribution in [2.45, 2.75) is 13.8 Å². The highest BCUT2D eigenvalue weighted by Crippen LogP contribution is 2.26. The molecule has 0 saturated carbocycles. The van der Waals surface area contributed by atoms with Gasteiger partial charge in [-0.2, -0.15) is 0 Å². The molecular weight excluding hydrogens is 216 g/mol. The van der Waals surface area contributed by atoms with Crippen LogP contribution in [0.4, 0.5) is 5.13 Å². The third-order valence-corrected chi connectivity index (χ3v) is 3.50. The Balaban J connectivity index is 0.00000144. The first-order chi connectivity index (χ1) is 7.85. The highest BCUT2D eigenvalue weighted by molar-refractivity contribution is 7.14. The fourth-order valence-corrected chi connectivity index (χ4v) is 2.61. The quantitative estimate of drug-likeness (QED) is 0.793. The van der Waals surface area contributed by atoms with Crippen LogP contribution < -0.4 is 4.90 Å². The number of hydrogen-bond donors (Lipinski definition) is 0. The van der Waals surface area contributed by atoms with E-state index in [4.69, 9.17) is 0 Å². The van der Waals surface area contributed by atoms with Crippen LogP contribution in [-0.2, 0) is 0 Å². The van der Waals surface area contributed by atoms with Crippen molar-refractivity contribution in [3.63, 3.8) is 0 Å². The van der Waals surface area contributed by atoms with Gasteiger partial charge in [-0.1, -0.05) is 30.3 Å². The van der Waals surface area contributed by atoms with Crippen molar-refractivity contribution in [1.29, 1.82) is 0 Å². The van der Waals surface area contributed by atoms with Crippen LogP contribution in [0.2, 0.25) is 0 Å². The Hall–Kier alpha value is -1.35. The molecule has 0 amide bonds. The zero-order valence-corrected chi connectivity index (χ0v) is 10.5. The zero-order chi connectivity index (χ0) is 11.4. The van der Waals surface area contributed by atoms with Crippen LogP contribution >= 0.6 is 11.3 Å². The summed E-state index contributed by atoms with van der Waals surface area (Å²) in [5.74, 6) is 0. The van der Waals surface area contributed by atoms with Crippen LogP contribution in [0.15, 0.2) is 35.7 Å². The molecule has 1 aromatic carbocycles. The summed E-state index contributed by atoms with van der Waals surface area (Å²) in [6, 6.07) is 10.3. The number of benzene rings is 1. The van der Waals surface area contributed by atoms with Crippen molar-refractivity contribution in [2.24, 2.45) is 0 Å². The van der Waals surface area contributed by atoms with E-state index < -0.39 is 0 Å². The maximum absolute atomic E-state index is 4.67. The average Bonchev–Trinajstić information content (AvgIpc) is 2.81. The summed E-state index contributed by atoms with van der Waals surface area (Å²) < 4.78 is 0. The molecule has 2 nitrogen and oxygen atoms in total. The van der Waals surface area contributed by atoms with Gasteiger partial charge in [0.05, 0.1) is 5.69 Å². The predicted octanol–water partition coefficient (Wildman–Crippen LogP) is 4.15. The van der Waals surface area contributed by atoms with E-state index in [-0.39, 0.29) is 2.85 Å². The molecule has 0 fully saturated rings. The molecule has 0 spiro atoms. The number of nitrogens with zero attached hydrogens (tertiary/aromatic N) is 2. The minimum atomic E-state index is 0. The lowest BCUT2D eigenvalue weighted by atomic mass is 10.2. The molecule has 0 unspecified atom stereocenters. The number of hydrogen-bond acceptors (Lipinski definition) is 3. The zero-order valence-electron chi connectivity index (χ0n) is 9.68. The van der Waals surface area contributed by atoms with Gasteiger partial charge in [0.2, 0.25) is 0 Å². The first kappa shape index (κ1) is 11.1. The molecule has 2 rings (SSSR count). The summed E-state index contributed by atoms with van der Waals surface area (Å²) in [5, 5.41) is 3.24. The molecule has 0 saturated heterocycles. The van der Waals surface area contributed by atoms with Crippen molar-refractivity contribution in [2.75, 3.05) is 18.0 Å². The van der Waals surface area contributed by atoms with Crippen molar-refractivity contribution < 1.29 is 2.85 Å². The van der Waals surface area contributed by atoms with E-state index in [0.29, 0.717) is 0 Å². The summed E-state index contributed by atoms with van der Waals surface area (Å²) in [6.07, 6.45) is 0. The minimum absolute atomic E-state index is 0. The summed E-state index contributed by atoms with van der Waals surface area (Å²) >= 11 is 1.72. The predicted molar refractivity (Wildman–Crippen MR) is 75.3 cm³/mol. The van der Waals surface area contributed by atoms with E-state index in [2.05, 4.69) is 41.2 Å². The van der Waals surface area contributed by atoms with Crippen LogP contribution in [0.25, 0.3) is 11.3 Å². The van der Waals surface area contributed by atoms with Crippen LogP contribution in [0, 0.1) is 0 Å². The van der Waals surface area contributed by atoms with Gasteiger partial charge in [-0.15, -0.1) is 11.3 Å². The lowest BCUT2D eigenvalue weighted by Crippen LogP contribution is -2.21. The maximum Gasteiger partial charge on any atom is 0.185 e. The fraction of sp³-hybridized carbons (Fsp3) is 0.308. The number of aromatic nitrogens is 1. The lowest BCUT2D eigenvalue weighted by Gasteiger charge is -2.16. The standard InChI is InChI=1S/C13H16N2S.2H2/c1-3-15(4-2)13-14-12(10-16-13)11-8-6-5-7-9-11;;/h5-10H,3-4H2,1-2H3;2*1H. The van der Waals surface area contributed by atoms with Gasteiger partial charge in [0.25, 0.3) is 0 Å². The Morgan fingerprint density at radius 1 is 1.19 bits per heavy atom. The molecule has 0 aliphatic carbocycles. The molecular formula is C13H20N2S. The van der Waals surface area contributed by atoms with Crippen LogP contribution in [0.3, 0.4) is 0 Å². The Morgan fingerprint density at radius 3 is 2.50 bits per heavy atom. The first-order valence-corrected chi connectivity index (χ1v) is 6.49. The van der Waals surface area contributed by atoms with E-state index in [0.717, 1.165) is 23.9 Å². The van der Waals surface area contributed by atoms with E-state index in [9.17, 15) is 0 Å². The van der Waals surface area contributed by atoms with Crippen molar-refractivity contribution in [1.82, 2.24) is 4.98 Å². The monoisotopic (exact) mass is 236 g/mol. The molecule has 0 atom stereocenters. The second kappa shape index (κ2) is 5.12. The minimum Gasteiger partial charge on any atom is -0.349 e. The molecule has 0 N–H and O–H groups in total. The van der Waals surface area contributed by atoms with E-state index >= 15 is 0 Å². The van der Waals surface area contributed by atoms with Gasteiger partial charge in [-0.25, -0.2) is 4.98 Å². The Kier molecular flexibility index (Phi) is 3.57. The molecule has 0 aliphatic rings. The number of rotatable bonds is 4. The summed E-state index contributed by atoms with van der Waals surface area (Å²) in [5.41, 5.74) is 2.27. The van der Waals surface area contributed by atoms with Crippen LogP contribution in [0.1, 0.15) is 16.7 Å². The third kappa shape index (κ3) is 2.25. The molecule has 0 radical (unpaired) electrons. The number of anilines is 1. The Labute approximate surface area is 104 Å². The summed E-state index contributed by atoms with van der Waals surface area (Å²) in [7, 11) is 0. The van der Waals surface area contributed by atoms with Crippen LogP contribution in [0.5, 0.6) is 0 Å². The summed E-state index contributed by atoms with van der Waals surface area (Å²) in [4.78, 5) is 6.94. The second-order valence-corrected chi connectivity index (χ2v) is 4.39. The van der Waals surface area contributed by atoms with E-state index in [1.807, 2.05) is 18.2 Å². The fourth-order valence-electron chi connectivity index (χ4n) is 1.65. The third-order valence-electron chi connectivity index (χ3n) is 2.60. The first-order valence-electron chi connectivity index (χ1n) is 5.61. The van der Waals surface area contributed by atoms with Crippen molar-refractivity contribution >= 4 is 16.5 Å². The molecule has 0 aliphatic heterocycles. The molecule has 1 heterocycles. The molecule has 88 valence electrons. The topological polar surface area (TPSA) is 16.1 Å². The molecule has 16 heavy (non-hydrogen) atoms. The molecule has 0 bridgehead atoms. The SMILES string of the molecule is CCN(CC)c1nc(-c2ccccc2)cs1.[HH].[HH]. The van der Waals surface area contributed by atoms with Gasteiger partial charge in [-0.3, -0.25) is 0 Å². The Bertz CT molecular complexity index is 441. The molecule has 1 aromatic heterocycles. The van der Waals surface area contributed by atoms with E-state index in [1.165, 1.54) is 5.56 Å². The van der Waals surface area contributed by atoms with Gasteiger partial charge in [0, 0.05) is 26.9 Å². The highest BCUT2D eigenvalue weighted by Gasteiger charge is 2.08. The van der Waals surface area contributed by atoms with Gasteiger partial charge in [0.1, 0.15) is 0 Å². The highest BCUT2D eigenvalue weighted by atomic mass is 32.1. The maximum atomic E-state index is 4.67. The number of thiazole rings is 1. The normalized spacial score (nSPS) is 10.4. The average molecular weight is 236 g/mol. The van der Waals surface area contributed by atoms with Gasteiger partial charge in [-0.05, 0) is 13.8 Å². The molecule has 2 aromatic rings. The summed E-state index contributed by atoms with van der Waals surface area (Å²) in [6.45, 7) is 6.34. The Morgan fingerprint density at radius 2 is 1.88 bits per heavy atom. The largest absolute Gasteiger partial charge is 0.349 e. The second-order valence-electron chi connectivity index (χ2n) is 3.55. The van der Waals surface area contributed by atoms with Gasteiger partial charge >= 0.3 is 0 Å². The smallest absolute Gasteiger partial charge is 0.185 e. The van der Waals surface area contributed by atoms with Crippen LogP contribution in [-0.4, -0.2) is 18.1 Å².